The Kier molecular flexibility index (Phi) is 6.36. The van der Waals surface area contributed by atoms with Crippen LogP contribution in [0.15, 0.2) is 12.1 Å². The Morgan fingerprint density at radius 2 is 1.90 bits per heavy atom. The van der Waals surface area contributed by atoms with Crippen LogP contribution < -0.4 is 5.32 Å². The number of carbonyl (C=O) groups excluding carboxylic acids is 3. The minimum absolute atomic E-state index is 0.0383. The second-order valence-electron chi connectivity index (χ2n) is 5.49. The highest BCUT2D eigenvalue weighted by Gasteiger charge is 2.16. The van der Waals surface area contributed by atoms with E-state index < -0.39 is 5.97 Å². The summed E-state index contributed by atoms with van der Waals surface area (Å²) >= 11 is 6.91. The number of thiophene rings is 1. The molecule has 1 aromatic rings. The van der Waals surface area contributed by atoms with Crippen molar-refractivity contribution in [1.82, 2.24) is 5.32 Å². The smallest absolute Gasteiger partial charge is 0.306 e. The number of hydrogen-bond acceptors (Lipinski definition) is 5. The molecule has 0 unspecified atom stereocenters. The fourth-order valence-corrected chi connectivity index (χ4v) is 2.49. The Balaban J connectivity index is 2.28. The van der Waals surface area contributed by atoms with Crippen LogP contribution >= 0.6 is 22.9 Å². The molecular weight excluding hydrogens is 314 g/mol. The van der Waals surface area contributed by atoms with Crippen LogP contribution in [-0.2, 0) is 14.3 Å². The predicted molar refractivity (Wildman–Crippen MR) is 81.7 cm³/mol. The van der Waals surface area contributed by atoms with Crippen molar-refractivity contribution in [2.24, 2.45) is 0 Å². The molecular formula is C14H18ClNO4S. The van der Waals surface area contributed by atoms with Crippen LogP contribution in [0.5, 0.6) is 0 Å². The van der Waals surface area contributed by atoms with Crippen molar-refractivity contribution in [1.29, 1.82) is 0 Å². The van der Waals surface area contributed by atoms with Gasteiger partial charge in [-0.05, 0) is 32.9 Å². The lowest BCUT2D eigenvalue weighted by Gasteiger charge is -2.20. The van der Waals surface area contributed by atoms with Gasteiger partial charge in [0.1, 0.15) is 0 Å². The van der Waals surface area contributed by atoms with Crippen molar-refractivity contribution in [3.05, 3.63) is 21.3 Å². The Morgan fingerprint density at radius 1 is 1.24 bits per heavy atom. The van der Waals surface area contributed by atoms with Crippen LogP contribution in [0, 0.1) is 0 Å². The Hall–Kier alpha value is -1.40. The maximum atomic E-state index is 11.8. The van der Waals surface area contributed by atoms with E-state index in [0.717, 1.165) is 0 Å². The molecule has 0 aromatic carbocycles. The Labute approximate surface area is 132 Å². The normalized spacial score (nSPS) is 11.0. The van der Waals surface area contributed by atoms with Gasteiger partial charge in [0.2, 0.25) is 0 Å². The van der Waals surface area contributed by atoms with E-state index in [1.807, 2.05) is 20.8 Å². The highest BCUT2D eigenvalue weighted by Crippen LogP contribution is 2.22. The molecule has 0 aliphatic rings. The molecule has 5 nitrogen and oxygen atoms in total. The molecule has 0 saturated heterocycles. The molecule has 0 radical (unpaired) electrons. The van der Waals surface area contributed by atoms with E-state index in [9.17, 15) is 14.4 Å². The third kappa shape index (κ3) is 7.24. The van der Waals surface area contributed by atoms with E-state index in [0.29, 0.717) is 9.21 Å². The highest BCUT2D eigenvalue weighted by atomic mass is 35.5. The number of hydrogen-bond donors (Lipinski definition) is 1. The fraction of sp³-hybridized carbons (Fsp3) is 0.500. The number of Topliss-reactive ketones (excluding diaryl/α,β-unsaturated/α-hetero) is 1. The van der Waals surface area contributed by atoms with Gasteiger partial charge in [0.25, 0.3) is 5.91 Å². The zero-order valence-corrected chi connectivity index (χ0v) is 13.8. The van der Waals surface area contributed by atoms with Gasteiger partial charge in [0.05, 0.1) is 15.6 Å². The van der Waals surface area contributed by atoms with Crippen LogP contribution in [0.2, 0.25) is 4.34 Å². The van der Waals surface area contributed by atoms with E-state index in [1.165, 1.54) is 11.3 Å². The number of halogens is 1. The van der Waals surface area contributed by atoms with Crippen LogP contribution in [0.25, 0.3) is 0 Å². The average Bonchev–Trinajstić information content (AvgIpc) is 2.78. The van der Waals surface area contributed by atoms with Crippen LogP contribution in [0.4, 0.5) is 0 Å². The molecule has 0 saturated carbocycles. The fourth-order valence-electron chi connectivity index (χ4n) is 1.48. The van der Waals surface area contributed by atoms with Gasteiger partial charge < -0.3 is 10.1 Å². The van der Waals surface area contributed by atoms with E-state index in [4.69, 9.17) is 16.3 Å². The molecule has 0 aliphatic carbocycles. The molecule has 116 valence electrons. The standard InChI is InChI=1S/C14H18ClNO4S/c1-14(2,3)16-12(18)8-20-13(19)7-4-9(17)10-5-6-11(15)21-10/h5-6H,4,7-8H2,1-3H3,(H,16,18). The molecule has 0 spiro atoms. The first kappa shape index (κ1) is 17.7. The number of carbonyl (C=O) groups is 3. The van der Waals surface area contributed by atoms with Crippen molar-refractivity contribution in [2.45, 2.75) is 39.2 Å². The first-order chi connectivity index (χ1) is 9.67. The summed E-state index contributed by atoms with van der Waals surface area (Å²) in [6, 6.07) is 3.26. The van der Waals surface area contributed by atoms with Gasteiger partial charge in [0.15, 0.2) is 12.4 Å². The summed E-state index contributed by atoms with van der Waals surface area (Å²) in [6.07, 6.45) is -0.0201. The SMILES string of the molecule is CC(C)(C)NC(=O)COC(=O)CCC(=O)c1ccc(Cl)s1. The largest absolute Gasteiger partial charge is 0.456 e. The lowest BCUT2D eigenvalue weighted by atomic mass is 10.1. The van der Waals surface area contributed by atoms with E-state index >= 15 is 0 Å². The zero-order valence-electron chi connectivity index (χ0n) is 12.2. The second-order valence-corrected chi connectivity index (χ2v) is 7.20. The molecule has 1 N–H and O–H groups in total. The van der Waals surface area contributed by atoms with E-state index in [-0.39, 0.29) is 36.7 Å². The third-order valence-electron chi connectivity index (χ3n) is 2.28. The van der Waals surface area contributed by atoms with Crippen molar-refractivity contribution >= 4 is 40.6 Å². The molecule has 0 atom stereocenters. The van der Waals surface area contributed by atoms with Crippen LogP contribution in [-0.4, -0.2) is 29.8 Å². The van der Waals surface area contributed by atoms with E-state index in [1.54, 1.807) is 12.1 Å². The summed E-state index contributed by atoms with van der Waals surface area (Å²) in [6.45, 7) is 5.15. The molecule has 0 bridgehead atoms. The van der Waals surface area contributed by atoms with Gasteiger partial charge in [-0.1, -0.05) is 11.6 Å². The third-order valence-corrected chi connectivity index (χ3v) is 3.56. The number of ketones is 1. The van der Waals surface area contributed by atoms with E-state index in [2.05, 4.69) is 5.32 Å². The van der Waals surface area contributed by atoms with Crippen molar-refractivity contribution in [3.63, 3.8) is 0 Å². The minimum Gasteiger partial charge on any atom is -0.456 e. The average molecular weight is 332 g/mol. The van der Waals surface area contributed by atoms with Crippen LogP contribution in [0.1, 0.15) is 43.3 Å². The molecule has 7 heteroatoms. The van der Waals surface area contributed by atoms with Gasteiger partial charge in [-0.25, -0.2) is 0 Å². The number of rotatable bonds is 6. The second kappa shape index (κ2) is 7.56. The number of ether oxygens (including phenoxy) is 1. The zero-order chi connectivity index (χ0) is 16.0. The summed E-state index contributed by atoms with van der Waals surface area (Å²) in [7, 11) is 0. The van der Waals surface area contributed by atoms with Gasteiger partial charge in [-0.3, -0.25) is 14.4 Å². The van der Waals surface area contributed by atoms with Gasteiger partial charge in [-0.2, -0.15) is 0 Å². The van der Waals surface area contributed by atoms with Crippen molar-refractivity contribution in [2.75, 3.05) is 6.61 Å². The number of nitrogens with one attached hydrogen (secondary N) is 1. The summed E-state index contributed by atoms with van der Waals surface area (Å²) in [4.78, 5) is 35.2. The van der Waals surface area contributed by atoms with Gasteiger partial charge in [-0.15, -0.1) is 11.3 Å². The maximum absolute atomic E-state index is 11.8. The highest BCUT2D eigenvalue weighted by molar-refractivity contribution is 7.18. The molecule has 1 aromatic heterocycles. The van der Waals surface area contributed by atoms with Crippen LogP contribution in [0.3, 0.4) is 0 Å². The molecule has 0 aliphatic heterocycles. The van der Waals surface area contributed by atoms with Crippen molar-refractivity contribution < 1.29 is 19.1 Å². The van der Waals surface area contributed by atoms with Crippen molar-refractivity contribution in [3.8, 4) is 0 Å². The first-order valence-corrected chi connectivity index (χ1v) is 7.62. The topological polar surface area (TPSA) is 72.5 Å². The summed E-state index contributed by atoms with van der Waals surface area (Å²) < 4.78 is 5.34. The number of esters is 1. The lowest BCUT2D eigenvalue weighted by molar-refractivity contribution is -0.148. The molecule has 1 heterocycles. The Bertz CT molecular complexity index is 533. The molecule has 1 rings (SSSR count). The quantitative estimate of drug-likeness (QED) is 0.642. The number of amides is 1. The van der Waals surface area contributed by atoms with Gasteiger partial charge >= 0.3 is 5.97 Å². The Morgan fingerprint density at radius 3 is 2.43 bits per heavy atom. The van der Waals surface area contributed by atoms with Gasteiger partial charge in [0, 0.05) is 12.0 Å². The first-order valence-electron chi connectivity index (χ1n) is 6.42. The monoisotopic (exact) mass is 331 g/mol. The summed E-state index contributed by atoms with van der Waals surface area (Å²) in [5, 5.41) is 2.67. The molecule has 1 amide bonds. The lowest BCUT2D eigenvalue weighted by Crippen LogP contribution is -2.42. The molecule has 21 heavy (non-hydrogen) atoms. The predicted octanol–water partition coefficient (Wildman–Crippen LogP) is 2.82. The summed E-state index contributed by atoms with van der Waals surface area (Å²) in [5.41, 5.74) is -0.377. The molecule has 0 fully saturated rings. The summed E-state index contributed by atoms with van der Waals surface area (Å²) in [5.74, 6) is -1.11. The minimum atomic E-state index is -0.574. The maximum Gasteiger partial charge on any atom is 0.306 e.